The smallest absolute Gasteiger partial charge is 0.356 e. The Kier molecular flexibility index (Phi) is 12.9. The van der Waals surface area contributed by atoms with Crippen LogP contribution in [0.25, 0.3) is 0 Å². The number of alkyl halides is 1. The third kappa shape index (κ3) is 8.56. The highest BCUT2D eigenvalue weighted by molar-refractivity contribution is 14.1. The van der Waals surface area contributed by atoms with Crippen molar-refractivity contribution >= 4 is 74.3 Å². The Morgan fingerprint density at radius 2 is 1.38 bits per heavy atom. The molecular weight excluding hydrogens is 918 g/mol. The first-order chi connectivity index (χ1) is 29.9. The number of thioether (sulfide) groups is 1. The summed E-state index contributed by atoms with van der Waals surface area (Å²) >= 11 is 4.95. The van der Waals surface area contributed by atoms with Crippen LogP contribution in [0, 0.1) is 12.3 Å². The number of β-lactam (4-membered cyclic amide) rings is 1. The van der Waals surface area contributed by atoms with E-state index in [9.17, 15) is 14.4 Å². The van der Waals surface area contributed by atoms with E-state index in [1.807, 2.05) is 115 Å². The number of rotatable bonds is 15. The van der Waals surface area contributed by atoms with Crippen LogP contribution < -0.4 is 10.6 Å². The summed E-state index contributed by atoms with van der Waals surface area (Å²) in [6.45, 7) is -0.192. The van der Waals surface area contributed by atoms with E-state index in [0.29, 0.717) is 15.3 Å². The van der Waals surface area contributed by atoms with Gasteiger partial charge in [0.2, 0.25) is 0 Å². The molecule has 3 heterocycles. The molecule has 1 fully saturated rings. The van der Waals surface area contributed by atoms with Gasteiger partial charge in [0.05, 0.1) is 0 Å². The van der Waals surface area contributed by atoms with Crippen LogP contribution in [-0.4, -0.2) is 61.6 Å². The number of anilines is 1. The molecule has 2 amide bonds. The first kappa shape index (κ1) is 41.5. The summed E-state index contributed by atoms with van der Waals surface area (Å²) in [6.07, 6.45) is 4.77. The number of halogens is 1. The summed E-state index contributed by atoms with van der Waals surface area (Å²) in [5.74, 6) is 1.09. The van der Waals surface area contributed by atoms with Gasteiger partial charge in [0, 0.05) is 15.6 Å². The van der Waals surface area contributed by atoms with Gasteiger partial charge >= 0.3 is 5.97 Å². The van der Waals surface area contributed by atoms with Crippen molar-refractivity contribution in [1.29, 1.82) is 0 Å². The first-order valence-corrected chi connectivity index (χ1v) is 22.8. The second-order valence-electron chi connectivity index (χ2n) is 14.0. The number of hydrogen-bond donors (Lipinski definition) is 2. The highest BCUT2D eigenvalue weighted by Crippen LogP contribution is 2.43. The van der Waals surface area contributed by atoms with Gasteiger partial charge in [0.15, 0.2) is 23.6 Å². The molecule has 0 spiro atoms. The van der Waals surface area contributed by atoms with Crippen LogP contribution in [-0.2, 0) is 29.5 Å². The van der Waals surface area contributed by atoms with Gasteiger partial charge in [-0.25, -0.2) is 9.78 Å². The standard InChI is InChI=1S/C48H38IN5O5S2/c1-2-28-58-53-39(38-31-61-47(50-38)52-48(35-22-12-5-13-23-35,36-24-14-6-15-25-36)37-26-16-7-17-27-37)43(55)51-40-44(56)54-41(34(29-49)30-60-45(40)54)46(57)59-42(32-18-8-3-9-19-32)33-20-10-4-11-21-33/h1,3-27,31,40,42,45H,28-30H2,(H,50,52)(H,51,55)/b53-39-/t40?,45-/m0/s1. The van der Waals surface area contributed by atoms with Gasteiger partial charge in [0.1, 0.15) is 28.3 Å². The molecule has 13 heteroatoms. The molecule has 0 saturated carbocycles. The zero-order valence-electron chi connectivity index (χ0n) is 32.5. The fourth-order valence-corrected chi connectivity index (χ4v) is 10.5. The van der Waals surface area contributed by atoms with Crippen molar-refractivity contribution in [3.05, 3.63) is 202 Å². The fourth-order valence-electron chi connectivity index (χ4n) is 7.45. The molecule has 2 aliphatic rings. The summed E-state index contributed by atoms with van der Waals surface area (Å²) in [5, 5.41) is 12.4. The van der Waals surface area contributed by atoms with Crippen molar-refractivity contribution in [2.24, 2.45) is 5.16 Å². The lowest BCUT2D eigenvalue weighted by Gasteiger charge is -2.49. The molecule has 61 heavy (non-hydrogen) atoms. The van der Waals surface area contributed by atoms with Gasteiger partial charge in [-0.1, -0.05) is 185 Å². The first-order valence-electron chi connectivity index (χ1n) is 19.3. The van der Waals surface area contributed by atoms with Gasteiger partial charge in [-0.2, -0.15) is 0 Å². The lowest BCUT2D eigenvalue weighted by molar-refractivity contribution is -0.154. The Morgan fingerprint density at radius 3 is 1.89 bits per heavy atom. The number of amides is 2. The number of fused-ring (bicyclic) bond motifs is 1. The number of aromatic nitrogens is 1. The topological polar surface area (TPSA) is 122 Å². The minimum absolute atomic E-state index is 0.159. The number of terminal acetylenes is 1. The van der Waals surface area contributed by atoms with Crippen molar-refractivity contribution in [2.45, 2.75) is 23.1 Å². The summed E-state index contributed by atoms with van der Waals surface area (Å²) in [4.78, 5) is 54.1. The zero-order valence-corrected chi connectivity index (χ0v) is 36.3. The van der Waals surface area contributed by atoms with E-state index in [1.165, 1.54) is 28.0 Å². The molecule has 6 aromatic rings. The monoisotopic (exact) mass is 955 g/mol. The van der Waals surface area contributed by atoms with Crippen molar-refractivity contribution in [3.8, 4) is 12.3 Å². The van der Waals surface area contributed by atoms with E-state index < -0.39 is 40.8 Å². The molecule has 2 N–H and O–H groups in total. The maximum atomic E-state index is 14.2. The van der Waals surface area contributed by atoms with Gasteiger partial charge < -0.3 is 20.2 Å². The highest BCUT2D eigenvalue weighted by Gasteiger charge is 2.55. The molecule has 304 valence electrons. The minimum Gasteiger partial charge on any atom is -0.448 e. The molecule has 1 unspecified atom stereocenters. The quantitative estimate of drug-likeness (QED) is 0.0121. The van der Waals surface area contributed by atoms with Crippen molar-refractivity contribution in [3.63, 3.8) is 0 Å². The summed E-state index contributed by atoms with van der Waals surface area (Å²) in [5.41, 5.74) is 4.68. The Balaban J connectivity index is 1.05. The number of ether oxygens (including phenoxy) is 1. The average Bonchev–Trinajstić information content (AvgIpc) is 3.79. The maximum Gasteiger partial charge on any atom is 0.356 e. The average molecular weight is 956 g/mol. The van der Waals surface area contributed by atoms with Crippen LogP contribution in [0.1, 0.15) is 39.6 Å². The van der Waals surface area contributed by atoms with E-state index in [2.05, 4.69) is 80.7 Å². The molecule has 0 aliphatic carbocycles. The molecule has 0 radical (unpaired) electrons. The molecule has 5 aromatic carbocycles. The predicted molar refractivity (Wildman–Crippen MR) is 248 cm³/mol. The number of benzene rings is 5. The lowest BCUT2D eigenvalue weighted by atomic mass is 9.77. The minimum atomic E-state index is -0.967. The number of esters is 1. The summed E-state index contributed by atoms with van der Waals surface area (Å²) < 4.78 is 6.74. The molecule has 0 bridgehead atoms. The van der Waals surface area contributed by atoms with Crippen molar-refractivity contribution < 1.29 is 24.0 Å². The van der Waals surface area contributed by atoms with Gasteiger partial charge in [0.25, 0.3) is 11.8 Å². The van der Waals surface area contributed by atoms with Crippen LogP contribution in [0.3, 0.4) is 0 Å². The molecule has 2 aliphatic heterocycles. The van der Waals surface area contributed by atoms with Crippen LogP contribution >= 0.6 is 45.7 Å². The van der Waals surface area contributed by atoms with E-state index in [1.54, 1.807) is 5.38 Å². The second-order valence-corrected chi connectivity index (χ2v) is 16.7. The van der Waals surface area contributed by atoms with Gasteiger partial charge in [-0.05, 0) is 33.4 Å². The number of oxime groups is 1. The maximum absolute atomic E-state index is 14.2. The van der Waals surface area contributed by atoms with E-state index in [-0.39, 0.29) is 23.7 Å². The number of carbonyl (C=O) groups is 3. The molecule has 8 rings (SSSR count). The van der Waals surface area contributed by atoms with Crippen LogP contribution in [0.2, 0.25) is 0 Å². The highest BCUT2D eigenvalue weighted by atomic mass is 127. The number of nitrogens with one attached hydrogen (secondary N) is 2. The number of nitrogens with zero attached hydrogens (tertiary/aromatic N) is 3. The third-order valence-corrected chi connectivity index (χ3v) is 13.3. The van der Waals surface area contributed by atoms with E-state index in [4.69, 9.17) is 21.0 Å². The van der Waals surface area contributed by atoms with Crippen molar-refractivity contribution in [2.75, 3.05) is 22.1 Å². The number of thiazole rings is 1. The second kappa shape index (κ2) is 19.0. The normalized spacial score (nSPS) is 16.2. The van der Waals surface area contributed by atoms with E-state index in [0.717, 1.165) is 33.4 Å². The SMILES string of the molecule is C#CCO/N=C(\C(=O)NC1C(=O)N2C(C(=O)OC(c3ccccc3)c3ccccc3)=C(CI)CS[C@@H]12)c1csc(NC(c2ccccc2)(c2ccccc2)c2ccccc2)n1. The summed E-state index contributed by atoms with van der Waals surface area (Å²) in [6, 6.07) is 48.2. The summed E-state index contributed by atoms with van der Waals surface area (Å²) in [7, 11) is 0. The van der Waals surface area contributed by atoms with Gasteiger partial charge in [-0.3, -0.25) is 14.5 Å². The largest absolute Gasteiger partial charge is 0.448 e. The third-order valence-electron chi connectivity index (χ3n) is 10.3. The Hall–Kier alpha value is -6.21. The molecule has 1 saturated heterocycles. The fraction of sp³-hybridized carbons (Fsp3) is 0.146. The Labute approximate surface area is 375 Å². The van der Waals surface area contributed by atoms with E-state index >= 15 is 0 Å². The number of hydrogen-bond acceptors (Lipinski definition) is 10. The zero-order chi connectivity index (χ0) is 42.2. The van der Waals surface area contributed by atoms with Crippen LogP contribution in [0.5, 0.6) is 0 Å². The predicted octanol–water partition coefficient (Wildman–Crippen LogP) is 8.32. The molecule has 1 aromatic heterocycles. The number of carbonyl (C=O) groups excluding carboxylic acids is 3. The molecular formula is C48H38IN5O5S2. The molecule has 10 nitrogen and oxygen atoms in total. The van der Waals surface area contributed by atoms with Crippen LogP contribution in [0.15, 0.2) is 173 Å². The Morgan fingerprint density at radius 1 is 0.852 bits per heavy atom. The van der Waals surface area contributed by atoms with Gasteiger partial charge in [-0.15, -0.1) is 29.5 Å². The Bertz CT molecular complexity index is 2470. The lowest BCUT2D eigenvalue weighted by Crippen LogP contribution is -2.71. The molecule has 2 atom stereocenters. The van der Waals surface area contributed by atoms with Crippen LogP contribution in [0.4, 0.5) is 5.13 Å². The van der Waals surface area contributed by atoms with Crippen molar-refractivity contribution in [1.82, 2.24) is 15.2 Å².